The fourth-order valence-corrected chi connectivity index (χ4v) is 2.63. The normalized spacial score (nSPS) is 19.6. The summed E-state index contributed by atoms with van der Waals surface area (Å²) in [5.74, 6) is 0.131. The molecule has 1 aromatic rings. The third kappa shape index (κ3) is 3.01. The molecule has 0 saturated carbocycles. The van der Waals surface area contributed by atoms with Crippen molar-refractivity contribution in [2.45, 2.75) is 25.8 Å². The Morgan fingerprint density at radius 1 is 1.63 bits per heavy atom. The van der Waals surface area contributed by atoms with Gasteiger partial charge in [0, 0.05) is 25.8 Å². The molecule has 1 aromatic heterocycles. The highest BCUT2D eigenvalue weighted by atomic mass is 16.2. The van der Waals surface area contributed by atoms with Crippen LogP contribution in [0.2, 0.25) is 0 Å². The van der Waals surface area contributed by atoms with E-state index in [4.69, 9.17) is 5.73 Å². The molecule has 0 spiro atoms. The van der Waals surface area contributed by atoms with Gasteiger partial charge in [0.05, 0.1) is 5.56 Å². The lowest BCUT2D eigenvalue weighted by Crippen LogP contribution is -2.41. The van der Waals surface area contributed by atoms with E-state index < -0.39 is 0 Å². The van der Waals surface area contributed by atoms with E-state index in [2.05, 4.69) is 21.8 Å². The Bertz CT molecular complexity index is 450. The van der Waals surface area contributed by atoms with Crippen molar-refractivity contribution in [1.82, 2.24) is 19.8 Å². The minimum absolute atomic E-state index is 0.110. The first kappa shape index (κ1) is 13.7. The van der Waals surface area contributed by atoms with Gasteiger partial charge in [-0.05, 0) is 25.9 Å². The number of hydrogen-bond donors (Lipinski definition) is 1. The quantitative estimate of drug-likeness (QED) is 0.861. The molecule has 104 valence electrons. The number of hydrogen-bond acceptors (Lipinski definition) is 5. The van der Waals surface area contributed by atoms with Crippen LogP contribution in [0.4, 0.5) is 5.82 Å². The zero-order valence-corrected chi connectivity index (χ0v) is 11.5. The summed E-state index contributed by atoms with van der Waals surface area (Å²) in [6.45, 7) is 5.03. The number of rotatable bonds is 4. The van der Waals surface area contributed by atoms with Crippen LogP contribution in [0, 0.1) is 0 Å². The van der Waals surface area contributed by atoms with Crippen molar-refractivity contribution in [1.29, 1.82) is 0 Å². The largest absolute Gasteiger partial charge is 0.383 e. The fourth-order valence-electron chi connectivity index (χ4n) is 2.63. The molecule has 2 rings (SSSR count). The van der Waals surface area contributed by atoms with Crippen molar-refractivity contribution in [3.05, 3.63) is 18.1 Å². The summed E-state index contributed by atoms with van der Waals surface area (Å²) in [7, 11) is 1.81. The zero-order valence-electron chi connectivity index (χ0n) is 11.5. The Labute approximate surface area is 113 Å². The Morgan fingerprint density at radius 2 is 2.42 bits per heavy atom. The molecule has 1 amide bonds. The maximum absolute atomic E-state index is 12.3. The maximum Gasteiger partial charge on any atom is 0.258 e. The van der Waals surface area contributed by atoms with Crippen LogP contribution >= 0.6 is 0 Å². The average molecular weight is 263 g/mol. The summed E-state index contributed by atoms with van der Waals surface area (Å²) < 4.78 is 0. The lowest BCUT2D eigenvalue weighted by atomic mass is 10.2. The Balaban J connectivity index is 2.02. The van der Waals surface area contributed by atoms with E-state index in [0.29, 0.717) is 11.6 Å². The zero-order chi connectivity index (χ0) is 13.8. The first-order valence-corrected chi connectivity index (χ1v) is 6.68. The standard InChI is InChI=1S/C13H21N5O/c1-3-18-6-4-5-10(18)8-17(2)13(19)11-7-15-9-16-12(11)14/h7,9-10H,3-6,8H2,1-2H3,(H2,14,15,16). The predicted octanol–water partition coefficient (Wildman–Crippen LogP) is 0.615. The Kier molecular flexibility index (Phi) is 4.31. The van der Waals surface area contributed by atoms with Crippen molar-refractivity contribution < 1.29 is 4.79 Å². The predicted molar refractivity (Wildman–Crippen MR) is 73.7 cm³/mol. The van der Waals surface area contributed by atoms with Crippen LogP contribution in [0.3, 0.4) is 0 Å². The number of likely N-dealkylation sites (tertiary alicyclic amines) is 1. The molecule has 6 heteroatoms. The van der Waals surface area contributed by atoms with Crippen molar-refractivity contribution >= 4 is 11.7 Å². The summed E-state index contributed by atoms with van der Waals surface area (Å²) in [4.78, 5) is 24.1. The van der Waals surface area contributed by atoms with E-state index in [1.807, 2.05) is 0 Å². The second kappa shape index (κ2) is 5.97. The number of nitrogens with zero attached hydrogens (tertiary/aromatic N) is 4. The third-order valence-corrected chi connectivity index (χ3v) is 3.71. The summed E-state index contributed by atoms with van der Waals surface area (Å²) in [6, 6.07) is 0.449. The van der Waals surface area contributed by atoms with Gasteiger partial charge in [0.2, 0.25) is 0 Å². The summed E-state index contributed by atoms with van der Waals surface area (Å²) in [5, 5.41) is 0. The molecule has 1 atom stereocenters. The number of anilines is 1. The lowest BCUT2D eigenvalue weighted by Gasteiger charge is -2.27. The van der Waals surface area contributed by atoms with Gasteiger partial charge in [-0.1, -0.05) is 6.92 Å². The molecule has 1 fully saturated rings. The number of aromatic nitrogens is 2. The topological polar surface area (TPSA) is 75.3 Å². The van der Waals surface area contributed by atoms with Gasteiger partial charge < -0.3 is 10.6 Å². The minimum Gasteiger partial charge on any atom is -0.383 e. The monoisotopic (exact) mass is 263 g/mol. The first-order valence-electron chi connectivity index (χ1n) is 6.68. The number of nitrogens with two attached hydrogens (primary N) is 1. The van der Waals surface area contributed by atoms with E-state index in [0.717, 1.165) is 26.1 Å². The lowest BCUT2D eigenvalue weighted by molar-refractivity contribution is 0.0755. The van der Waals surface area contributed by atoms with Crippen LogP contribution < -0.4 is 5.73 Å². The van der Waals surface area contributed by atoms with Crippen LogP contribution in [0.5, 0.6) is 0 Å². The Hall–Kier alpha value is -1.69. The third-order valence-electron chi connectivity index (χ3n) is 3.71. The molecule has 0 radical (unpaired) electrons. The second-order valence-electron chi connectivity index (χ2n) is 4.93. The van der Waals surface area contributed by atoms with Crippen LogP contribution in [0.1, 0.15) is 30.1 Å². The molecular weight excluding hydrogens is 242 g/mol. The number of nitrogen functional groups attached to an aromatic ring is 1. The van der Waals surface area contributed by atoms with Crippen molar-refractivity contribution in [3.8, 4) is 0 Å². The van der Waals surface area contributed by atoms with Gasteiger partial charge in [-0.15, -0.1) is 0 Å². The van der Waals surface area contributed by atoms with Gasteiger partial charge in [0.1, 0.15) is 12.1 Å². The van der Waals surface area contributed by atoms with Crippen LogP contribution in [0.25, 0.3) is 0 Å². The molecule has 1 aliphatic rings. The van der Waals surface area contributed by atoms with Crippen LogP contribution in [-0.2, 0) is 0 Å². The molecule has 6 nitrogen and oxygen atoms in total. The SMILES string of the molecule is CCN1CCCC1CN(C)C(=O)c1cncnc1N. The number of amides is 1. The highest BCUT2D eigenvalue weighted by molar-refractivity contribution is 5.97. The molecule has 2 heterocycles. The van der Waals surface area contributed by atoms with Gasteiger partial charge >= 0.3 is 0 Å². The van der Waals surface area contributed by atoms with Gasteiger partial charge in [-0.2, -0.15) is 0 Å². The summed E-state index contributed by atoms with van der Waals surface area (Å²) in [6.07, 6.45) is 5.18. The van der Waals surface area contributed by atoms with E-state index in [1.165, 1.54) is 18.9 Å². The highest BCUT2D eigenvalue weighted by Crippen LogP contribution is 2.18. The minimum atomic E-state index is -0.110. The molecule has 1 aliphatic heterocycles. The molecule has 0 aromatic carbocycles. The second-order valence-corrected chi connectivity index (χ2v) is 4.93. The number of likely N-dealkylation sites (N-methyl/N-ethyl adjacent to an activating group) is 2. The van der Waals surface area contributed by atoms with E-state index >= 15 is 0 Å². The highest BCUT2D eigenvalue weighted by Gasteiger charge is 2.26. The number of carbonyl (C=O) groups is 1. The fraction of sp³-hybridized carbons (Fsp3) is 0.615. The van der Waals surface area contributed by atoms with Crippen molar-refractivity contribution in [2.24, 2.45) is 0 Å². The number of carbonyl (C=O) groups excluding carboxylic acids is 1. The molecule has 0 bridgehead atoms. The Morgan fingerprint density at radius 3 is 3.11 bits per heavy atom. The van der Waals surface area contributed by atoms with Gasteiger partial charge in [0.15, 0.2) is 0 Å². The molecule has 1 saturated heterocycles. The van der Waals surface area contributed by atoms with Crippen LogP contribution in [-0.4, -0.2) is 58.4 Å². The van der Waals surface area contributed by atoms with Crippen molar-refractivity contribution in [3.63, 3.8) is 0 Å². The molecule has 2 N–H and O–H groups in total. The summed E-state index contributed by atoms with van der Waals surface area (Å²) >= 11 is 0. The average Bonchev–Trinajstić information content (AvgIpc) is 2.85. The smallest absolute Gasteiger partial charge is 0.258 e. The molecule has 0 aliphatic carbocycles. The first-order chi connectivity index (χ1) is 9.13. The van der Waals surface area contributed by atoms with Gasteiger partial charge in [-0.3, -0.25) is 9.69 Å². The molecule has 19 heavy (non-hydrogen) atoms. The summed E-state index contributed by atoms with van der Waals surface area (Å²) in [5.41, 5.74) is 6.09. The molecule has 1 unspecified atom stereocenters. The van der Waals surface area contributed by atoms with E-state index in [-0.39, 0.29) is 11.7 Å². The van der Waals surface area contributed by atoms with Crippen molar-refractivity contribution in [2.75, 3.05) is 32.4 Å². The maximum atomic E-state index is 12.3. The van der Waals surface area contributed by atoms with E-state index in [1.54, 1.807) is 11.9 Å². The van der Waals surface area contributed by atoms with Crippen LogP contribution in [0.15, 0.2) is 12.5 Å². The van der Waals surface area contributed by atoms with Gasteiger partial charge in [-0.25, -0.2) is 9.97 Å². The van der Waals surface area contributed by atoms with Gasteiger partial charge in [0.25, 0.3) is 5.91 Å². The molecular formula is C13H21N5O. The van der Waals surface area contributed by atoms with E-state index in [9.17, 15) is 4.79 Å².